The Kier molecular flexibility index (Phi) is 3.21. The van der Waals surface area contributed by atoms with Gasteiger partial charge in [-0.2, -0.15) is 0 Å². The molecule has 0 fully saturated rings. The number of halogens is 1. The van der Waals surface area contributed by atoms with Crippen molar-refractivity contribution in [3.8, 4) is 11.8 Å². The van der Waals surface area contributed by atoms with E-state index in [4.69, 9.17) is 16.0 Å². The molecule has 1 unspecified atom stereocenters. The standard InChI is InChI=1S/C9H9ClO2/c1-2-3-4-8(11)7-5-6-12-9(7)10/h5-6,8,11H,4H2,1H3. The highest BCUT2D eigenvalue weighted by Crippen LogP contribution is 2.25. The van der Waals surface area contributed by atoms with Crippen molar-refractivity contribution in [2.24, 2.45) is 0 Å². The van der Waals surface area contributed by atoms with Crippen LogP contribution >= 0.6 is 11.6 Å². The molecule has 0 bridgehead atoms. The van der Waals surface area contributed by atoms with E-state index in [1.54, 1.807) is 13.0 Å². The van der Waals surface area contributed by atoms with Crippen LogP contribution in [0.15, 0.2) is 16.7 Å². The summed E-state index contributed by atoms with van der Waals surface area (Å²) in [5.41, 5.74) is 0.597. The molecule has 0 aliphatic rings. The fourth-order valence-electron chi connectivity index (χ4n) is 0.851. The first-order valence-electron chi connectivity index (χ1n) is 3.56. The van der Waals surface area contributed by atoms with Crippen molar-refractivity contribution < 1.29 is 9.52 Å². The van der Waals surface area contributed by atoms with Crippen molar-refractivity contribution in [1.29, 1.82) is 0 Å². The van der Waals surface area contributed by atoms with Gasteiger partial charge in [-0.1, -0.05) is 0 Å². The highest BCUT2D eigenvalue weighted by Gasteiger charge is 2.12. The number of hydrogen-bond acceptors (Lipinski definition) is 2. The zero-order valence-electron chi connectivity index (χ0n) is 6.67. The third-order valence-electron chi connectivity index (χ3n) is 1.48. The second-order valence-electron chi connectivity index (χ2n) is 2.30. The predicted molar refractivity (Wildman–Crippen MR) is 46.7 cm³/mol. The zero-order chi connectivity index (χ0) is 8.97. The van der Waals surface area contributed by atoms with Crippen molar-refractivity contribution in [2.45, 2.75) is 19.4 Å². The first-order valence-corrected chi connectivity index (χ1v) is 3.94. The predicted octanol–water partition coefficient (Wildman–Crippen LogP) is 2.38. The van der Waals surface area contributed by atoms with Gasteiger partial charge in [0.25, 0.3) is 0 Å². The molecule has 0 spiro atoms. The molecule has 1 N–H and O–H groups in total. The van der Waals surface area contributed by atoms with E-state index in [2.05, 4.69) is 11.8 Å². The van der Waals surface area contributed by atoms with Gasteiger partial charge < -0.3 is 9.52 Å². The van der Waals surface area contributed by atoms with Crippen molar-refractivity contribution >= 4 is 11.6 Å². The smallest absolute Gasteiger partial charge is 0.198 e. The molecule has 1 atom stereocenters. The van der Waals surface area contributed by atoms with Crippen LogP contribution in [-0.2, 0) is 0 Å². The van der Waals surface area contributed by atoms with Gasteiger partial charge in [-0.15, -0.1) is 11.8 Å². The van der Waals surface area contributed by atoms with Crippen LogP contribution in [0.5, 0.6) is 0 Å². The lowest BCUT2D eigenvalue weighted by atomic mass is 10.1. The normalized spacial score (nSPS) is 11.9. The van der Waals surface area contributed by atoms with Crippen LogP contribution in [0, 0.1) is 11.8 Å². The molecule has 2 nitrogen and oxygen atoms in total. The van der Waals surface area contributed by atoms with E-state index in [1.807, 2.05) is 0 Å². The van der Waals surface area contributed by atoms with E-state index < -0.39 is 6.10 Å². The third kappa shape index (κ3) is 2.04. The van der Waals surface area contributed by atoms with Gasteiger partial charge >= 0.3 is 0 Å². The van der Waals surface area contributed by atoms with Gasteiger partial charge in [-0.25, -0.2) is 0 Å². The second-order valence-corrected chi connectivity index (χ2v) is 2.64. The van der Waals surface area contributed by atoms with Crippen molar-refractivity contribution in [3.63, 3.8) is 0 Å². The first-order chi connectivity index (χ1) is 5.75. The van der Waals surface area contributed by atoms with Crippen molar-refractivity contribution in [2.75, 3.05) is 0 Å². The molecule has 0 aliphatic heterocycles. The molecule has 0 radical (unpaired) electrons. The Morgan fingerprint density at radius 2 is 2.50 bits per heavy atom. The van der Waals surface area contributed by atoms with Gasteiger partial charge in [-0.3, -0.25) is 0 Å². The number of furan rings is 1. The molecule has 3 heteroatoms. The SMILES string of the molecule is CC#CCC(O)c1ccoc1Cl. The summed E-state index contributed by atoms with van der Waals surface area (Å²) in [6.45, 7) is 1.73. The molecule has 0 aliphatic carbocycles. The molecule has 64 valence electrons. The molecule has 0 saturated carbocycles. The van der Waals surface area contributed by atoms with Crippen molar-refractivity contribution in [1.82, 2.24) is 0 Å². The Labute approximate surface area is 76.1 Å². The molecule has 0 aromatic carbocycles. The van der Waals surface area contributed by atoms with Crippen LogP contribution in [0.3, 0.4) is 0 Å². The molecule has 1 aromatic rings. The number of aliphatic hydroxyl groups is 1. The quantitative estimate of drug-likeness (QED) is 0.716. The minimum Gasteiger partial charge on any atom is -0.453 e. The van der Waals surface area contributed by atoms with Crippen LogP contribution in [0.25, 0.3) is 0 Å². The monoisotopic (exact) mass is 184 g/mol. The Bertz CT molecular complexity index is 306. The number of aliphatic hydroxyl groups excluding tert-OH is 1. The van der Waals surface area contributed by atoms with E-state index in [0.29, 0.717) is 12.0 Å². The maximum absolute atomic E-state index is 9.47. The molecule has 1 heterocycles. The second kappa shape index (κ2) is 4.20. The Hall–Kier alpha value is -0.910. The summed E-state index contributed by atoms with van der Waals surface area (Å²) < 4.78 is 4.82. The van der Waals surface area contributed by atoms with E-state index >= 15 is 0 Å². The molecular formula is C9H9ClO2. The Balaban J connectivity index is 2.68. The summed E-state index contributed by atoms with van der Waals surface area (Å²) in [4.78, 5) is 0. The minimum absolute atomic E-state index is 0.236. The van der Waals surface area contributed by atoms with E-state index in [-0.39, 0.29) is 5.22 Å². The Morgan fingerprint density at radius 3 is 3.00 bits per heavy atom. The summed E-state index contributed by atoms with van der Waals surface area (Å²) in [5, 5.41) is 9.71. The van der Waals surface area contributed by atoms with Gasteiger partial charge in [0.05, 0.1) is 12.4 Å². The highest BCUT2D eigenvalue weighted by molar-refractivity contribution is 6.29. The summed E-state index contributed by atoms with van der Waals surface area (Å²) in [7, 11) is 0. The molecule has 1 rings (SSSR count). The van der Waals surface area contributed by atoms with E-state index in [0.717, 1.165) is 0 Å². The topological polar surface area (TPSA) is 33.4 Å². The average molecular weight is 185 g/mol. The first kappa shape index (κ1) is 9.18. The van der Waals surface area contributed by atoms with Crippen LogP contribution in [0.1, 0.15) is 25.0 Å². The molecular weight excluding hydrogens is 176 g/mol. The maximum atomic E-state index is 9.47. The van der Waals surface area contributed by atoms with Gasteiger partial charge in [0.2, 0.25) is 0 Å². The Morgan fingerprint density at radius 1 is 1.75 bits per heavy atom. The van der Waals surface area contributed by atoms with Gasteiger partial charge in [0, 0.05) is 12.0 Å². The molecule has 0 saturated heterocycles. The summed E-state index contributed by atoms with van der Waals surface area (Å²) >= 11 is 5.64. The fraction of sp³-hybridized carbons (Fsp3) is 0.333. The largest absolute Gasteiger partial charge is 0.453 e. The summed E-state index contributed by atoms with van der Waals surface area (Å²) in [6.07, 6.45) is 1.18. The van der Waals surface area contributed by atoms with Crippen LogP contribution in [-0.4, -0.2) is 5.11 Å². The van der Waals surface area contributed by atoms with Gasteiger partial charge in [-0.05, 0) is 24.6 Å². The van der Waals surface area contributed by atoms with Gasteiger partial charge in [0.15, 0.2) is 5.22 Å². The summed E-state index contributed by atoms with van der Waals surface area (Å²) in [5.74, 6) is 5.46. The minimum atomic E-state index is -0.649. The van der Waals surface area contributed by atoms with Gasteiger partial charge in [0.1, 0.15) is 0 Å². The number of rotatable bonds is 2. The maximum Gasteiger partial charge on any atom is 0.198 e. The molecule has 12 heavy (non-hydrogen) atoms. The summed E-state index contributed by atoms with van der Waals surface area (Å²) in [6, 6.07) is 1.64. The lowest BCUT2D eigenvalue weighted by Crippen LogP contribution is -1.93. The molecule has 0 amide bonds. The van der Waals surface area contributed by atoms with E-state index in [9.17, 15) is 5.11 Å². The lowest BCUT2D eigenvalue weighted by Gasteiger charge is -2.02. The van der Waals surface area contributed by atoms with Crippen LogP contribution in [0.2, 0.25) is 5.22 Å². The zero-order valence-corrected chi connectivity index (χ0v) is 7.43. The number of hydrogen-bond donors (Lipinski definition) is 1. The highest BCUT2D eigenvalue weighted by atomic mass is 35.5. The lowest BCUT2D eigenvalue weighted by molar-refractivity contribution is 0.183. The van der Waals surface area contributed by atoms with Crippen LogP contribution < -0.4 is 0 Å². The fourth-order valence-corrected chi connectivity index (χ4v) is 1.09. The van der Waals surface area contributed by atoms with Crippen LogP contribution in [0.4, 0.5) is 0 Å². The average Bonchev–Trinajstić information content (AvgIpc) is 2.47. The van der Waals surface area contributed by atoms with E-state index in [1.165, 1.54) is 6.26 Å². The van der Waals surface area contributed by atoms with Crippen molar-refractivity contribution in [3.05, 3.63) is 23.1 Å². The molecule has 1 aromatic heterocycles. The third-order valence-corrected chi connectivity index (χ3v) is 1.78.